The summed E-state index contributed by atoms with van der Waals surface area (Å²) in [5.41, 5.74) is 10.2. The molecule has 0 spiro atoms. The van der Waals surface area contributed by atoms with Gasteiger partial charge in [0.1, 0.15) is 17.6 Å². The monoisotopic (exact) mass is 536 g/mol. The molecule has 2 N–H and O–H groups in total. The molecule has 1 amide bonds. The number of hydrogen-bond acceptors (Lipinski definition) is 5. The molecule has 1 aliphatic heterocycles. The number of rotatable bonds is 9. The zero-order chi connectivity index (χ0) is 27.6. The van der Waals surface area contributed by atoms with Crippen LogP contribution in [-0.4, -0.2) is 40.6 Å². The largest absolute Gasteiger partial charge is 0.497 e. The number of hydrogen-bond donors (Lipinski definition) is 1. The van der Waals surface area contributed by atoms with E-state index in [1.165, 1.54) is 29.4 Å². The Morgan fingerprint density at radius 2 is 1.73 bits per heavy atom. The molecule has 4 aromatic rings. The molecule has 1 aliphatic carbocycles. The molecule has 1 aromatic heterocycles. The summed E-state index contributed by atoms with van der Waals surface area (Å²) in [6.07, 6.45) is 6.47. The van der Waals surface area contributed by atoms with Gasteiger partial charge in [-0.05, 0) is 85.3 Å². The zero-order valence-electron chi connectivity index (χ0n) is 23.0. The van der Waals surface area contributed by atoms with Crippen LogP contribution in [0, 0.1) is 5.92 Å². The number of carbonyl (C=O) groups is 1. The van der Waals surface area contributed by atoms with Crippen LogP contribution in [0.1, 0.15) is 50.1 Å². The Hall–Kier alpha value is -3.97. The van der Waals surface area contributed by atoms with E-state index in [0.717, 1.165) is 43.6 Å². The van der Waals surface area contributed by atoms with E-state index in [9.17, 15) is 9.59 Å². The third-order valence-electron chi connectivity index (χ3n) is 8.24. The third-order valence-corrected chi connectivity index (χ3v) is 8.24. The van der Waals surface area contributed by atoms with Crippen molar-refractivity contribution in [2.75, 3.05) is 20.2 Å². The minimum Gasteiger partial charge on any atom is -0.497 e. The van der Waals surface area contributed by atoms with Gasteiger partial charge in [0.15, 0.2) is 0 Å². The van der Waals surface area contributed by atoms with E-state index < -0.39 is 11.9 Å². The second kappa shape index (κ2) is 11.3. The van der Waals surface area contributed by atoms with E-state index >= 15 is 0 Å². The highest BCUT2D eigenvalue weighted by Gasteiger charge is 2.32. The van der Waals surface area contributed by atoms with Gasteiger partial charge in [-0.15, -0.1) is 0 Å². The summed E-state index contributed by atoms with van der Waals surface area (Å²) in [5, 5.41) is 0.479. The highest BCUT2D eigenvalue weighted by Crippen LogP contribution is 2.38. The van der Waals surface area contributed by atoms with Crippen molar-refractivity contribution in [1.82, 2.24) is 14.5 Å². The number of likely N-dealkylation sites (tertiary alicyclic amines) is 1. The van der Waals surface area contributed by atoms with Gasteiger partial charge in [0.05, 0.1) is 18.0 Å². The highest BCUT2D eigenvalue weighted by atomic mass is 16.5. The molecule has 40 heavy (non-hydrogen) atoms. The van der Waals surface area contributed by atoms with E-state index in [1.807, 2.05) is 42.5 Å². The topological polar surface area (TPSA) is 90.4 Å². The molecule has 0 radical (unpaired) electrons. The molecule has 2 fully saturated rings. The van der Waals surface area contributed by atoms with Crippen molar-refractivity contribution in [3.63, 3.8) is 0 Å². The Morgan fingerprint density at radius 1 is 0.975 bits per heavy atom. The number of ether oxygens (including phenoxy) is 1. The van der Waals surface area contributed by atoms with E-state index in [-0.39, 0.29) is 5.56 Å². The van der Waals surface area contributed by atoms with Crippen molar-refractivity contribution in [2.45, 2.75) is 51.1 Å². The first-order valence-electron chi connectivity index (χ1n) is 14.3. The molecule has 2 heterocycles. The zero-order valence-corrected chi connectivity index (χ0v) is 23.0. The maximum atomic E-state index is 14.2. The lowest BCUT2D eigenvalue weighted by atomic mass is 10.0. The molecule has 1 atom stereocenters. The van der Waals surface area contributed by atoms with Crippen LogP contribution in [0.3, 0.4) is 0 Å². The van der Waals surface area contributed by atoms with E-state index in [4.69, 9.17) is 15.5 Å². The fourth-order valence-corrected chi connectivity index (χ4v) is 5.88. The second-order valence-corrected chi connectivity index (χ2v) is 11.2. The van der Waals surface area contributed by atoms with E-state index in [2.05, 4.69) is 29.2 Å². The number of nitrogens with zero attached hydrogens (tertiary/aromatic N) is 3. The number of amides is 1. The number of carbonyl (C=O) groups excluding carboxylic acids is 1. The molecule has 0 bridgehead atoms. The SMILES string of the molecule is COc1cccc(-c2nc3ccc(-c4cccc(CN5CCCCC5)c4)cc3c(=O)n2C(CC2CC2)C(N)=O)c1. The minimum atomic E-state index is -0.769. The molecule has 3 aromatic carbocycles. The van der Waals surface area contributed by atoms with Gasteiger partial charge in [-0.2, -0.15) is 0 Å². The summed E-state index contributed by atoms with van der Waals surface area (Å²) in [7, 11) is 1.60. The van der Waals surface area contributed by atoms with Crippen LogP contribution in [0.2, 0.25) is 0 Å². The minimum absolute atomic E-state index is 0.251. The van der Waals surface area contributed by atoms with Gasteiger partial charge in [-0.25, -0.2) is 4.98 Å². The maximum Gasteiger partial charge on any atom is 0.262 e. The van der Waals surface area contributed by atoms with Crippen LogP contribution in [-0.2, 0) is 11.3 Å². The van der Waals surface area contributed by atoms with Crippen LogP contribution in [0.15, 0.2) is 71.5 Å². The van der Waals surface area contributed by atoms with Gasteiger partial charge in [0, 0.05) is 12.1 Å². The average Bonchev–Trinajstić information content (AvgIpc) is 3.81. The summed E-state index contributed by atoms with van der Waals surface area (Å²) in [6, 6.07) is 21.0. The Bertz CT molecular complexity index is 1600. The van der Waals surface area contributed by atoms with Crippen molar-refractivity contribution in [3.8, 4) is 28.3 Å². The first-order valence-corrected chi connectivity index (χ1v) is 14.3. The molecule has 6 rings (SSSR count). The number of benzene rings is 3. The Balaban J connectivity index is 1.45. The number of methoxy groups -OCH3 is 1. The van der Waals surface area contributed by atoms with Gasteiger partial charge in [0.25, 0.3) is 5.56 Å². The lowest BCUT2D eigenvalue weighted by Crippen LogP contribution is -2.36. The standard InChI is InChI=1S/C33H36N4O3/c1-40-27-10-6-9-26(19-27)32-35-29-14-13-25(24-8-5-7-23(17-24)21-36-15-3-2-4-16-36)20-28(29)33(39)37(32)30(31(34)38)18-22-11-12-22/h5-10,13-14,17,19-20,22,30H,2-4,11-12,15-16,18,21H2,1H3,(H2,34,38). The molecule has 206 valence electrons. The normalized spacial score (nSPS) is 16.6. The summed E-state index contributed by atoms with van der Waals surface area (Å²) in [6.45, 7) is 3.22. The van der Waals surface area contributed by atoms with Crippen molar-refractivity contribution in [2.24, 2.45) is 11.7 Å². The lowest BCUT2D eigenvalue weighted by Gasteiger charge is -2.26. The average molecular weight is 537 g/mol. The summed E-state index contributed by atoms with van der Waals surface area (Å²) >= 11 is 0. The van der Waals surface area contributed by atoms with Crippen molar-refractivity contribution >= 4 is 16.8 Å². The van der Waals surface area contributed by atoms with Crippen LogP contribution < -0.4 is 16.0 Å². The smallest absolute Gasteiger partial charge is 0.262 e. The number of piperidine rings is 1. The van der Waals surface area contributed by atoms with Gasteiger partial charge < -0.3 is 10.5 Å². The molecule has 1 unspecified atom stereocenters. The van der Waals surface area contributed by atoms with Crippen molar-refractivity contribution in [1.29, 1.82) is 0 Å². The van der Waals surface area contributed by atoms with Gasteiger partial charge in [-0.1, -0.05) is 55.7 Å². The van der Waals surface area contributed by atoms with Crippen LogP contribution in [0.4, 0.5) is 0 Å². The molecular formula is C33H36N4O3. The fraction of sp³-hybridized carbons (Fsp3) is 0.364. The van der Waals surface area contributed by atoms with Crippen LogP contribution >= 0.6 is 0 Å². The quantitative estimate of drug-likeness (QED) is 0.303. The molecule has 1 saturated heterocycles. The Morgan fingerprint density at radius 3 is 2.48 bits per heavy atom. The van der Waals surface area contributed by atoms with E-state index in [0.29, 0.717) is 40.4 Å². The first kappa shape index (κ1) is 26.3. The molecule has 7 nitrogen and oxygen atoms in total. The molecular weight excluding hydrogens is 500 g/mol. The van der Waals surface area contributed by atoms with E-state index in [1.54, 1.807) is 7.11 Å². The fourth-order valence-electron chi connectivity index (χ4n) is 5.88. The predicted octanol–water partition coefficient (Wildman–Crippen LogP) is 5.55. The summed E-state index contributed by atoms with van der Waals surface area (Å²) in [5.74, 6) is 0.959. The lowest BCUT2D eigenvalue weighted by molar-refractivity contribution is -0.121. The maximum absolute atomic E-state index is 14.2. The molecule has 1 saturated carbocycles. The predicted molar refractivity (Wildman–Crippen MR) is 158 cm³/mol. The van der Waals surface area contributed by atoms with Gasteiger partial charge in [-0.3, -0.25) is 19.1 Å². The molecule has 2 aliphatic rings. The summed E-state index contributed by atoms with van der Waals surface area (Å²) in [4.78, 5) is 34.4. The summed E-state index contributed by atoms with van der Waals surface area (Å²) < 4.78 is 6.95. The second-order valence-electron chi connectivity index (χ2n) is 11.2. The van der Waals surface area contributed by atoms with Crippen LogP contribution in [0.5, 0.6) is 5.75 Å². The van der Waals surface area contributed by atoms with Crippen molar-refractivity contribution in [3.05, 3.63) is 82.6 Å². The number of nitrogens with two attached hydrogens (primary N) is 1. The number of aromatic nitrogens is 2. The third kappa shape index (κ3) is 5.52. The Labute approximate surface area is 234 Å². The van der Waals surface area contributed by atoms with Gasteiger partial charge >= 0.3 is 0 Å². The number of fused-ring (bicyclic) bond motifs is 1. The number of primary amides is 1. The van der Waals surface area contributed by atoms with Crippen LogP contribution in [0.25, 0.3) is 33.4 Å². The van der Waals surface area contributed by atoms with Gasteiger partial charge in [0.2, 0.25) is 5.91 Å². The first-order chi connectivity index (χ1) is 19.5. The molecule has 7 heteroatoms. The van der Waals surface area contributed by atoms with Crippen molar-refractivity contribution < 1.29 is 9.53 Å². The highest BCUT2D eigenvalue weighted by molar-refractivity contribution is 5.86. The Kier molecular flexibility index (Phi) is 7.39.